The number of halogens is 1. The summed E-state index contributed by atoms with van der Waals surface area (Å²) in [7, 11) is 0. The van der Waals surface area contributed by atoms with Crippen LogP contribution in [0.3, 0.4) is 0 Å². The minimum absolute atomic E-state index is 0.0180. The Hall–Kier alpha value is -1.03. The summed E-state index contributed by atoms with van der Waals surface area (Å²) >= 11 is 0. The second-order valence-electron chi connectivity index (χ2n) is 2.52. The normalized spacial score (nSPS) is 28.5. The maximum Gasteiger partial charge on any atom is 0.159 e. The molecule has 58 valence electrons. The molecule has 1 aromatic heterocycles. The van der Waals surface area contributed by atoms with Gasteiger partial charge in [0.1, 0.15) is 6.10 Å². The standard InChI is InChI=1S/C7H7FN2O/c1-4-6(11-4)7-9-2-5(8)3-10-7/h2-4,6H,1H3. The van der Waals surface area contributed by atoms with Gasteiger partial charge in [0.25, 0.3) is 0 Å². The zero-order valence-corrected chi connectivity index (χ0v) is 5.99. The van der Waals surface area contributed by atoms with Gasteiger partial charge in [0.2, 0.25) is 0 Å². The summed E-state index contributed by atoms with van der Waals surface area (Å²) in [5, 5.41) is 0. The summed E-state index contributed by atoms with van der Waals surface area (Å²) in [6.07, 6.45) is 2.46. The van der Waals surface area contributed by atoms with Crippen molar-refractivity contribution in [2.24, 2.45) is 0 Å². The summed E-state index contributed by atoms with van der Waals surface area (Å²) < 4.78 is 17.4. The minimum atomic E-state index is -0.415. The average molecular weight is 154 g/mol. The molecule has 0 amide bonds. The van der Waals surface area contributed by atoms with Crippen LogP contribution in [0.15, 0.2) is 12.4 Å². The van der Waals surface area contributed by atoms with Gasteiger partial charge in [-0.2, -0.15) is 0 Å². The van der Waals surface area contributed by atoms with E-state index in [-0.39, 0.29) is 12.2 Å². The van der Waals surface area contributed by atoms with Gasteiger partial charge in [-0.25, -0.2) is 14.4 Å². The van der Waals surface area contributed by atoms with E-state index in [0.717, 1.165) is 12.4 Å². The van der Waals surface area contributed by atoms with E-state index < -0.39 is 5.82 Å². The fourth-order valence-corrected chi connectivity index (χ4v) is 0.926. The Morgan fingerprint density at radius 3 is 2.45 bits per heavy atom. The van der Waals surface area contributed by atoms with Crippen molar-refractivity contribution in [2.75, 3.05) is 0 Å². The van der Waals surface area contributed by atoms with Crippen LogP contribution in [0.4, 0.5) is 4.39 Å². The second-order valence-corrected chi connectivity index (χ2v) is 2.52. The van der Waals surface area contributed by atoms with E-state index in [9.17, 15) is 4.39 Å². The lowest BCUT2D eigenvalue weighted by atomic mass is 10.3. The highest BCUT2D eigenvalue weighted by molar-refractivity contribution is 5.02. The Kier molecular flexibility index (Phi) is 1.35. The highest BCUT2D eigenvalue weighted by Gasteiger charge is 2.38. The Labute approximate surface area is 63.2 Å². The van der Waals surface area contributed by atoms with E-state index >= 15 is 0 Å². The van der Waals surface area contributed by atoms with E-state index in [0.29, 0.717) is 5.82 Å². The molecule has 11 heavy (non-hydrogen) atoms. The fraction of sp³-hybridized carbons (Fsp3) is 0.429. The second kappa shape index (κ2) is 2.23. The SMILES string of the molecule is CC1OC1c1ncc(F)cn1. The lowest BCUT2D eigenvalue weighted by molar-refractivity contribution is 0.376. The Morgan fingerprint density at radius 1 is 1.45 bits per heavy atom. The molecule has 1 aliphatic rings. The number of aromatic nitrogens is 2. The molecule has 2 atom stereocenters. The third-order valence-electron chi connectivity index (χ3n) is 1.61. The van der Waals surface area contributed by atoms with Crippen LogP contribution in [-0.4, -0.2) is 16.1 Å². The van der Waals surface area contributed by atoms with Crippen molar-refractivity contribution in [3.63, 3.8) is 0 Å². The van der Waals surface area contributed by atoms with E-state index in [1.165, 1.54) is 0 Å². The molecular weight excluding hydrogens is 147 g/mol. The quantitative estimate of drug-likeness (QED) is 0.568. The van der Waals surface area contributed by atoms with Gasteiger partial charge in [0.15, 0.2) is 11.6 Å². The van der Waals surface area contributed by atoms with Crippen LogP contribution in [0.5, 0.6) is 0 Å². The van der Waals surface area contributed by atoms with Gasteiger partial charge in [-0.05, 0) is 6.92 Å². The van der Waals surface area contributed by atoms with Gasteiger partial charge in [0.05, 0.1) is 18.5 Å². The first-order valence-corrected chi connectivity index (χ1v) is 3.40. The van der Waals surface area contributed by atoms with Gasteiger partial charge in [-0.1, -0.05) is 0 Å². The summed E-state index contributed by atoms with van der Waals surface area (Å²) in [6.45, 7) is 1.93. The lowest BCUT2D eigenvalue weighted by Crippen LogP contribution is -1.94. The summed E-state index contributed by atoms with van der Waals surface area (Å²) in [5.41, 5.74) is 0. The third kappa shape index (κ3) is 1.21. The zero-order valence-electron chi connectivity index (χ0n) is 5.99. The summed E-state index contributed by atoms with van der Waals surface area (Å²) in [5.74, 6) is 0.154. The molecule has 3 nitrogen and oxygen atoms in total. The van der Waals surface area contributed by atoms with Crippen molar-refractivity contribution in [1.29, 1.82) is 0 Å². The van der Waals surface area contributed by atoms with Crippen molar-refractivity contribution in [3.05, 3.63) is 24.0 Å². The van der Waals surface area contributed by atoms with Crippen LogP contribution in [0, 0.1) is 5.82 Å². The van der Waals surface area contributed by atoms with Crippen LogP contribution in [0.2, 0.25) is 0 Å². The molecule has 0 spiro atoms. The molecule has 2 unspecified atom stereocenters. The first-order chi connectivity index (χ1) is 5.27. The molecular formula is C7H7FN2O. The fourth-order valence-electron chi connectivity index (χ4n) is 0.926. The van der Waals surface area contributed by atoms with E-state index in [1.54, 1.807) is 0 Å². The molecule has 1 fully saturated rings. The molecule has 1 aliphatic heterocycles. The summed E-state index contributed by atoms with van der Waals surface area (Å²) in [4.78, 5) is 7.56. The molecule has 1 aromatic rings. The van der Waals surface area contributed by atoms with Crippen LogP contribution < -0.4 is 0 Å². The van der Waals surface area contributed by atoms with Crippen molar-refractivity contribution in [2.45, 2.75) is 19.1 Å². The van der Waals surface area contributed by atoms with Crippen molar-refractivity contribution < 1.29 is 9.13 Å². The number of nitrogens with zero attached hydrogens (tertiary/aromatic N) is 2. The van der Waals surface area contributed by atoms with Crippen molar-refractivity contribution >= 4 is 0 Å². The van der Waals surface area contributed by atoms with Gasteiger partial charge in [0, 0.05) is 0 Å². The van der Waals surface area contributed by atoms with Gasteiger partial charge in [-0.15, -0.1) is 0 Å². The lowest BCUT2D eigenvalue weighted by Gasteiger charge is -1.91. The van der Waals surface area contributed by atoms with E-state index in [2.05, 4.69) is 9.97 Å². The summed E-state index contributed by atoms with van der Waals surface area (Å²) in [6, 6.07) is 0. The molecule has 0 N–H and O–H groups in total. The smallest absolute Gasteiger partial charge is 0.159 e. The number of hydrogen-bond acceptors (Lipinski definition) is 3. The Bertz CT molecular complexity index is 262. The topological polar surface area (TPSA) is 38.3 Å². The number of epoxide rings is 1. The molecule has 0 bridgehead atoms. The Balaban J connectivity index is 2.21. The largest absolute Gasteiger partial charge is 0.361 e. The molecule has 2 heterocycles. The number of hydrogen-bond donors (Lipinski definition) is 0. The van der Waals surface area contributed by atoms with Crippen LogP contribution in [0.25, 0.3) is 0 Å². The van der Waals surface area contributed by atoms with Crippen LogP contribution in [-0.2, 0) is 4.74 Å². The minimum Gasteiger partial charge on any atom is -0.361 e. The number of ether oxygens (including phenoxy) is 1. The highest BCUT2D eigenvalue weighted by Crippen LogP contribution is 2.35. The van der Waals surface area contributed by atoms with Crippen molar-refractivity contribution in [1.82, 2.24) is 9.97 Å². The van der Waals surface area contributed by atoms with Gasteiger partial charge < -0.3 is 4.74 Å². The average Bonchev–Trinajstić information content (AvgIpc) is 2.69. The van der Waals surface area contributed by atoms with Crippen molar-refractivity contribution in [3.8, 4) is 0 Å². The zero-order chi connectivity index (χ0) is 7.84. The molecule has 4 heteroatoms. The molecule has 1 saturated heterocycles. The van der Waals surface area contributed by atoms with Crippen LogP contribution in [0.1, 0.15) is 18.9 Å². The molecule has 0 aliphatic carbocycles. The Morgan fingerprint density at radius 2 is 2.00 bits per heavy atom. The maximum absolute atomic E-state index is 12.3. The first-order valence-electron chi connectivity index (χ1n) is 3.40. The monoisotopic (exact) mass is 154 g/mol. The maximum atomic E-state index is 12.3. The number of rotatable bonds is 1. The van der Waals surface area contributed by atoms with Gasteiger partial charge >= 0.3 is 0 Å². The van der Waals surface area contributed by atoms with E-state index in [1.807, 2.05) is 6.92 Å². The third-order valence-corrected chi connectivity index (χ3v) is 1.61. The molecule has 0 aromatic carbocycles. The molecule has 0 saturated carbocycles. The van der Waals surface area contributed by atoms with E-state index in [4.69, 9.17) is 4.74 Å². The van der Waals surface area contributed by atoms with Gasteiger partial charge in [-0.3, -0.25) is 0 Å². The first kappa shape index (κ1) is 6.67. The predicted octanol–water partition coefficient (Wildman–Crippen LogP) is 1.08. The molecule has 0 radical (unpaired) electrons. The predicted molar refractivity (Wildman–Crippen MR) is 35.3 cm³/mol. The molecule has 2 rings (SSSR count). The highest BCUT2D eigenvalue weighted by atomic mass is 19.1. The van der Waals surface area contributed by atoms with Crippen LogP contribution >= 0.6 is 0 Å².